The van der Waals surface area contributed by atoms with Crippen LogP contribution in [0.4, 0.5) is 18.0 Å². The van der Waals surface area contributed by atoms with E-state index in [1.165, 1.54) is 0 Å². The van der Waals surface area contributed by atoms with E-state index in [9.17, 15) is 33.0 Å². The molecule has 144 valence electrons. The average Bonchev–Trinajstić information content (AvgIpc) is 2.64. The number of halogens is 3. The van der Waals surface area contributed by atoms with E-state index in [0.29, 0.717) is 11.6 Å². The standard InChI is InChI=1S/C17H15F3N2O5/c18-17(19,20)11-7-4-8-21-12(11)14(23)13(15(24)25)22-16(26)27-9-10-5-2-1-3-6-10/h1-8,13-14,23H,9H2,(H,22,26)(H,24,25)/t13-,14+/m1/s1. The Balaban J connectivity index is 2.13. The number of alkyl carbamates (subject to hydrolysis) is 1. The van der Waals surface area contributed by atoms with Crippen LogP contribution < -0.4 is 5.32 Å². The first-order valence-electron chi connectivity index (χ1n) is 7.60. The first-order valence-corrected chi connectivity index (χ1v) is 7.60. The quantitative estimate of drug-likeness (QED) is 0.706. The normalized spacial score (nSPS) is 13.5. The summed E-state index contributed by atoms with van der Waals surface area (Å²) in [6.07, 6.45) is -7.35. The van der Waals surface area contributed by atoms with Gasteiger partial charge in [-0.1, -0.05) is 30.3 Å². The zero-order chi connectivity index (χ0) is 20.0. The van der Waals surface area contributed by atoms with E-state index >= 15 is 0 Å². The zero-order valence-electron chi connectivity index (χ0n) is 13.7. The number of nitrogens with one attached hydrogen (secondary N) is 1. The number of alkyl halides is 3. The number of hydrogen-bond donors (Lipinski definition) is 3. The maximum atomic E-state index is 13.0. The second-order valence-corrected chi connectivity index (χ2v) is 5.40. The van der Waals surface area contributed by atoms with Gasteiger partial charge < -0.3 is 20.3 Å². The van der Waals surface area contributed by atoms with Gasteiger partial charge in [0.25, 0.3) is 0 Å². The highest BCUT2D eigenvalue weighted by Crippen LogP contribution is 2.34. The molecule has 0 unspecified atom stereocenters. The fraction of sp³-hybridized carbons (Fsp3) is 0.235. The minimum absolute atomic E-state index is 0.188. The monoisotopic (exact) mass is 384 g/mol. The summed E-state index contributed by atoms with van der Waals surface area (Å²) < 4.78 is 43.9. The van der Waals surface area contributed by atoms with Gasteiger partial charge in [0.05, 0.1) is 11.3 Å². The number of amides is 1. The Kier molecular flexibility index (Phi) is 6.35. The number of carboxylic acids is 1. The van der Waals surface area contributed by atoms with E-state index in [4.69, 9.17) is 4.74 Å². The molecule has 0 aliphatic heterocycles. The van der Waals surface area contributed by atoms with Crippen LogP contribution in [0.3, 0.4) is 0 Å². The maximum Gasteiger partial charge on any atom is 0.418 e. The lowest BCUT2D eigenvalue weighted by Gasteiger charge is -2.22. The molecule has 2 atom stereocenters. The van der Waals surface area contributed by atoms with Crippen LogP contribution >= 0.6 is 0 Å². The summed E-state index contributed by atoms with van der Waals surface area (Å²) in [5.41, 5.74) is -1.60. The maximum absolute atomic E-state index is 13.0. The van der Waals surface area contributed by atoms with Gasteiger partial charge in [0, 0.05) is 6.20 Å². The minimum Gasteiger partial charge on any atom is -0.480 e. The third-order valence-corrected chi connectivity index (χ3v) is 3.49. The summed E-state index contributed by atoms with van der Waals surface area (Å²) >= 11 is 0. The van der Waals surface area contributed by atoms with Crippen LogP contribution in [0.15, 0.2) is 48.7 Å². The van der Waals surface area contributed by atoms with Crippen LogP contribution in [-0.2, 0) is 22.3 Å². The van der Waals surface area contributed by atoms with Crippen LogP contribution in [0, 0.1) is 0 Å². The number of aliphatic hydroxyl groups excluding tert-OH is 1. The Bertz CT molecular complexity index is 799. The fourth-order valence-electron chi connectivity index (χ4n) is 2.22. The number of aliphatic hydroxyl groups is 1. The predicted octanol–water partition coefficient (Wildman–Crippen LogP) is 2.51. The molecule has 1 aromatic carbocycles. The smallest absolute Gasteiger partial charge is 0.418 e. The van der Waals surface area contributed by atoms with Gasteiger partial charge >= 0.3 is 18.2 Å². The van der Waals surface area contributed by atoms with Crippen molar-refractivity contribution in [2.24, 2.45) is 0 Å². The summed E-state index contributed by atoms with van der Waals surface area (Å²) in [5, 5.41) is 21.2. The van der Waals surface area contributed by atoms with Crippen molar-refractivity contribution in [3.8, 4) is 0 Å². The molecule has 0 spiro atoms. The minimum atomic E-state index is -4.86. The van der Waals surface area contributed by atoms with Crippen molar-refractivity contribution in [2.75, 3.05) is 0 Å². The number of pyridine rings is 1. The topological polar surface area (TPSA) is 109 Å². The Labute approximate surface area is 151 Å². The van der Waals surface area contributed by atoms with Crippen LogP contribution in [0.2, 0.25) is 0 Å². The summed E-state index contributed by atoms with van der Waals surface area (Å²) in [6.45, 7) is -0.188. The first-order chi connectivity index (χ1) is 12.7. The molecule has 3 N–H and O–H groups in total. The molecule has 0 saturated carbocycles. The van der Waals surface area contributed by atoms with Gasteiger partial charge in [-0.15, -0.1) is 0 Å². The molecular weight excluding hydrogens is 369 g/mol. The number of ether oxygens (including phenoxy) is 1. The van der Waals surface area contributed by atoms with E-state index in [-0.39, 0.29) is 6.61 Å². The molecule has 1 amide bonds. The molecule has 0 aliphatic carbocycles. The molecule has 0 saturated heterocycles. The van der Waals surface area contributed by atoms with E-state index in [1.54, 1.807) is 30.3 Å². The Morgan fingerprint density at radius 2 is 1.81 bits per heavy atom. The summed E-state index contributed by atoms with van der Waals surface area (Å²) in [5.74, 6) is -1.75. The van der Waals surface area contributed by atoms with E-state index in [2.05, 4.69) is 4.98 Å². The van der Waals surface area contributed by atoms with Crippen LogP contribution in [0.1, 0.15) is 22.9 Å². The molecule has 2 rings (SSSR count). The lowest BCUT2D eigenvalue weighted by molar-refractivity contribution is -0.145. The van der Waals surface area contributed by atoms with Gasteiger partial charge in [0.15, 0.2) is 6.04 Å². The van der Waals surface area contributed by atoms with Crippen molar-refractivity contribution in [3.05, 3.63) is 65.5 Å². The number of carboxylic acid groups (broad SMARTS) is 1. The van der Waals surface area contributed by atoms with E-state index < -0.39 is 41.6 Å². The largest absolute Gasteiger partial charge is 0.480 e. The van der Waals surface area contributed by atoms with Gasteiger partial charge in [0.1, 0.15) is 12.7 Å². The fourth-order valence-corrected chi connectivity index (χ4v) is 2.22. The number of hydrogen-bond acceptors (Lipinski definition) is 5. The first kappa shape index (κ1) is 20.2. The molecule has 0 fully saturated rings. The molecule has 2 aromatic rings. The number of aromatic nitrogens is 1. The van der Waals surface area contributed by atoms with Gasteiger partial charge in [0.2, 0.25) is 0 Å². The van der Waals surface area contributed by atoms with Crippen molar-refractivity contribution in [2.45, 2.75) is 24.9 Å². The number of benzene rings is 1. The average molecular weight is 384 g/mol. The third-order valence-electron chi connectivity index (χ3n) is 3.49. The van der Waals surface area contributed by atoms with Crippen LogP contribution in [-0.4, -0.2) is 33.3 Å². The Morgan fingerprint density at radius 1 is 1.15 bits per heavy atom. The second-order valence-electron chi connectivity index (χ2n) is 5.40. The second kappa shape index (κ2) is 8.49. The summed E-state index contributed by atoms with van der Waals surface area (Å²) in [7, 11) is 0. The van der Waals surface area contributed by atoms with Crippen molar-refractivity contribution in [1.29, 1.82) is 0 Å². The molecule has 0 radical (unpaired) electrons. The zero-order valence-corrected chi connectivity index (χ0v) is 13.7. The van der Waals surface area contributed by atoms with Crippen molar-refractivity contribution in [1.82, 2.24) is 10.3 Å². The Morgan fingerprint density at radius 3 is 2.41 bits per heavy atom. The molecule has 27 heavy (non-hydrogen) atoms. The van der Waals surface area contributed by atoms with Crippen molar-refractivity contribution >= 4 is 12.1 Å². The Hall–Kier alpha value is -3.14. The number of carbonyl (C=O) groups excluding carboxylic acids is 1. The molecule has 1 heterocycles. The van der Waals surface area contributed by atoms with Crippen molar-refractivity contribution < 1.29 is 37.7 Å². The summed E-state index contributed by atoms with van der Waals surface area (Å²) in [6, 6.07) is 7.99. The van der Waals surface area contributed by atoms with Gasteiger partial charge in [-0.2, -0.15) is 13.2 Å². The third kappa shape index (κ3) is 5.42. The highest BCUT2D eigenvalue weighted by Gasteiger charge is 2.40. The molecule has 10 heteroatoms. The van der Waals surface area contributed by atoms with Crippen molar-refractivity contribution in [3.63, 3.8) is 0 Å². The predicted molar refractivity (Wildman–Crippen MR) is 85.4 cm³/mol. The van der Waals surface area contributed by atoms with Gasteiger partial charge in [-0.3, -0.25) is 4.98 Å². The summed E-state index contributed by atoms with van der Waals surface area (Å²) in [4.78, 5) is 26.6. The molecule has 1 aromatic heterocycles. The molecular formula is C17H15F3N2O5. The van der Waals surface area contributed by atoms with E-state index in [1.807, 2.05) is 5.32 Å². The highest BCUT2D eigenvalue weighted by atomic mass is 19.4. The number of rotatable bonds is 6. The van der Waals surface area contributed by atoms with E-state index in [0.717, 1.165) is 12.3 Å². The number of aliphatic carboxylic acids is 1. The SMILES string of the molecule is O=C(N[C@@H](C(=O)O)[C@@H](O)c1ncccc1C(F)(F)F)OCc1ccccc1. The highest BCUT2D eigenvalue weighted by molar-refractivity contribution is 5.80. The lowest BCUT2D eigenvalue weighted by Crippen LogP contribution is -2.45. The molecule has 0 aliphatic rings. The number of nitrogens with zero attached hydrogens (tertiary/aromatic N) is 1. The lowest BCUT2D eigenvalue weighted by atomic mass is 10.0. The van der Waals surface area contributed by atoms with Crippen LogP contribution in [0.5, 0.6) is 0 Å². The van der Waals surface area contributed by atoms with Crippen LogP contribution in [0.25, 0.3) is 0 Å². The van der Waals surface area contributed by atoms with Gasteiger partial charge in [-0.05, 0) is 17.7 Å². The molecule has 0 bridgehead atoms. The van der Waals surface area contributed by atoms with Gasteiger partial charge in [-0.25, -0.2) is 9.59 Å². The molecule has 7 nitrogen and oxygen atoms in total. The number of carbonyl (C=O) groups is 2.